The van der Waals surface area contributed by atoms with Gasteiger partial charge in [-0.1, -0.05) is 11.6 Å². The summed E-state index contributed by atoms with van der Waals surface area (Å²) in [4.78, 5) is 24.1. The Kier molecular flexibility index (Phi) is 4.20. The summed E-state index contributed by atoms with van der Waals surface area (Å²) < 4.78 is 33.9. The maximum Gasteiger partial charge on any atom is 0.337 e. The van der Waals surface area contributed by atoms with Crippen molar-refractivity contribution in [2.75, 3.05) is 17.2 Å². The van der Waals surface area contributed by atoms with Crippen molar-refractivity contribution < 1.29 is 27.0 Å². The molecule has 114 valence electrons. The van der Waals surface area contributed by atoms with Gasteiger partial charge in [-0.05, 0) is 18.2 Å². The molecule has 6 nitrogen and oxygen atoms in total. The Balaban J connectivity index is 2.25. The summed E-state index contributed by atoms with van der Waals surface area (Å²) in [5, 5.41) is 9.02. The quantitative estimate of drug-likeness (QED) is 0.845. The lowest BCUT2D eigenvalue weighted by molar-refractivity contribution is -0.117. The van der Waals surface area contributed by atoms with Crippen LogP contribution in [0.3, 0.4) is 0 Å². The minimum absolute atomic E-state index is 0.0165. The molecule has 0 aliphatic carbocycles. The average molecular weight is 336 g/mol. The third-order valence-electron chi connectivity index (χ3n) is 3.13. The molecule has 2 rings (SSSR count). The molecule has 0 aromatic heterocycles. The average Bonchev–Trinajstić information content (AvgIpc) is 2.68. The number of nitrogens with zero attached hydrogens (tertiary/aromatic N) is 1. The highest BCUT2D eigenvalue weighted by atomic mass is 35.5. The molecule has 1 atom stereocenters. The van der Waals surface area contributed by atoms with E-state index in [0.717, 1.165) is 0 Å². The molecule has 1 fully saturated rings. The normalized spacial score (nSPS) is 19.0. The molecule has 1 aliphatic heterocycles. The van der Waals surface area contributed by atoms with Crippen LogP contribution in [0.4, 0.5) is 9.57 Å². The van der Waals surface area contributed by atoms with E-state index in [2.05, 4.69) is 0 Å². The fourth-order valence-corrected chi connectivity index (χ4v) is 3.25. The molecule has 1 aromatic carbocycles. The molecule has 1 aliphatic rings. The lowest BCUT2D eigenvalue weighted by atomic mass is 10.1. The number of benzene rings is 1. The van der Waals surface area contributed by atoms with Crippen molar-refractivity contribution in [1.29, 1.82) is 0 Å². The molecule has 1 unspecified atom stereocenters. The number of rotatable bonds is 4. The van der Waals surface area contributed by atoms with Crippen LogP contribution >= 0.6 is 11.6 Å². The zero-order valence-corrected chi connectivity index (χ0v) is 12.2. The van der Waals surface area contributed by atoms with Gasteiger partial charge in [-0.2, -0.15) is 8.42 Å². The number of halogens is 2. The van der Waals surface area contributed by atoms with E-state index in [4.69, 9.17) is 16.7 Å². The number of anilines is 1. The topological polar surface area (TPSA) is 91.8 Å². The second-order valence-electron chi connectivity index (χ2n) is 4.75. The predicted molar refractivity (Wildman–Crippen MR) is 73.8 cm³/mol. The predicted octanol–water partition coefficient (Wildman–Crippen LogP) is 1.69. The number of carbonyl (C=O) groups excluding carboxylic acids is 1. The van der Waals surface area contributed by atoms with Crippen LogP contribution in [-0.4, -0.2) is 37.7 Å². The summed E-state index contributed by atoms with van der Waals surface area (Å²) in [5.74, 6) is -3.01. The highest BCUT2D eigenvalue weighted by molar-refractivity contribution is 7.86. The van der Waals surface area contributed by atoms with Gasteiger partial charge in [0.25, 0.3) is 0 Å². The van der Waals surface area contributed by atoms with E-state index in [0.29, 0.717) is 5.69 Å². The van der Waals surface area contributed by atoms with Crippen LogP contribution < -0.4 is 4.90 Å². The highest BCUT2D eigenvalue weighted by Gasteiger charge is 2.34. The first-order valence-electron chi connectivity index (χ1n) is 5.93. The van der Waals surface area contributed by atoms with Gasteiger partial charge in [0.15, 0.2) is 0 Å². The molecule has 21 heavy (non-hydrogen) atoms. The van der Waals surface area contributed by atoms with Crippen molar-refractivity contribution in [3.63, 3.8) is 0 Å². The van der Waals surface area contributed by atoms with Gasteiger partial charge in [0, 0.05) is 24.6 Å². The molecule has 1 N–H and O–H groups in total. The number of carbonyl (C=O) groups is 2. The van der Waals surface area contributed by atoms with Gasteiger partial charge in [-0.15, -0.1) is 3.89 Å². The third-order valence-corrected chi connectivity index (χ3v) is 4.33. The number of hydrogen-bond acceptors (Lipinski definition) is 4. The molecule has 1 aromatic rings. The Labute approximate surface area is 125 Å². The monoisotopic (exact) mass is 335 g/mol. The van der Waals surface area contributed by atoms with E-state index in [1.54, 1.807) is 0 Å². The molecular weight excluding hydrogens is 325 g/mol. The molecule has 1 saturated heterocycles. The lowest BCUT2D eigenvalue weighted by Gasteiger charge is -2.17. The molecule has 9 heteroatoms. The molecular formula is C12H11ClFNO5S. The van der Waals surface area contributed by atoms with Crippen molar-refractivity contribution in [2.24, 2.45) is 5.92 Å². The van der Waals surface area contributed by atoms with Crippen LogP contribution in [0.25, 0.3) is 0 Å². The van der Waals surface area contributed by atoms with Crippen LogP contribution in [0.2, 0.25) is 5.02 Å². The first-order valence-corrected chi connectivity index (χ1v) is 7.86. The number of amides is 1. The lowest BCUT2D eigenvalue weighted by Crippen LogP contribution is -2.25. The minimum atomic E-state index is -4.66. The van der Waals surface area contributed by atoms with Crippen LogP contribution in [0.15, 0.2) is 18.2 Å². The van der Waals surface area contributed by atoms with E-state index in [1.165, 1.54) is 23.1 Å². The van der Waals surface area contributed by atoms with Crippen molar-refractivity contribution in [3.05, 3.63) is 28.8 Å². The standard InChI is InChI=1S/C12H11ClFNO5S/c13-10-2-1-8(4-9(10)12(17)18)15-5-7(3-11(15)16)6-21(14,19)20/h1-2,4,7H,3,5-6H2,(H,17,18). The number of aromatic carboxylic acids is 1. The number of carboxylic acids is 1. The number of carboxylic acid groups (broad SMARTS) is 1. The maximum absolute atomic E-state index is 12.7. The smallest absolute Gasteiger partial charge is 0.337 e. The summed E-state index contributed by atoms with van der Waals surface area (Å²) >= 11 is 5.74. The van der Waals surface area contributed by atoms with Gasteiger partial charge in [0.2, 0.25) is 5.91 Å². The second-order valence-corrected chi connectivity index (χ2v) is 6.57. The Morgan fingerprint density at radius 2 is 2.14 bits per heavy atom. The molecule has 0 bridgehead atoms. The third kappa shape index (κ3) is 3.70. The van der Waals surface area contributed by atoms with Crippen LogP contribution in [0.5, 0.6) is 0 Å². The Morgan fingerprint density at radius 1 is 1.48 bits per heavy atom. The van der Waals surface area contributed by atoms with E-state index < -0.39 is 27.9 Å². The fourth-order valence-electron chi connectivity index (χ4n) is 2.27. The van der Waals surface area contributed by atoms with Gasteiger partial charge in [-0.25, -0.2) is 4.79 Å². The van der Waals surface area contributed by atoms with Crippen LogP contribution in [0, 0.1) is 5.92 Å². The van der Waals surface area contributed by atoms with E-state index >= 15 is 0 Å². The van der Waals surface area contributed by atoms with Crippen molar-refractivity contribution in [1.82, 2.24) is 0 Å². The van der Waals surface area contributed by atoms with E-state index in [-0.39, 0.29) is 29.5 Å². The van der Waals surface area contributed by atoms with Crippen LogP contribution in [0.1, 0.15) is 16.8 Å². The minimum Gasteiger partial charge on any atom is -0.478 e. The molecule has 1 heterocycles. The first-order chi connectivity index (χ1) is 9.67. The highest BCUT2D eigenvalue weighted by Crippen LogP contribution is 2.29. The Bertz CT molecular complexity index is 706. The zero-order chi connectivity index (χ0) is 15.8. The fraction of sp³-hybridized carbons (Fsp3) is 0.333. The SMILES string of the molecule is O=C(O)c1cc(N2CC(CS(=O)(=O)F)CC2=O)ccc1Cl. The van der Waals surface area contributed by atoms with Gasteiger partial charge >= 0.3 is 16.2 Å². The van der Waals surface area contributed by atoms with Gasteiger partial charge in [-0.3, -0.25) is 4.79 Å². The first kappa shape index (κ1) is 15.7. The molecule has 1 amide bonds. The maximum atomic E-state index is 12.7. The number of hydrogen-bond donors (Lipinski definition) is 1. The summed E-state index contributed by atoms with van der Waals surface area (Å²) in [6.07, 6.45) is -0.103. The van der Waals surface area contributed by atoms with Gasteiger partial charge in [0.1, 0.15) is 0 Å². The Hall–Kier alpha value is -1.67. The summed E-state index contributed by atoms with van der Waals surface area (Å²) in [6.45, 7) is 0.0165. The van der Waals surface area contributed by atoms with Crippen molar-refractivity contribution >= 4 is 39.4 Å². The van der Waals surface area contributed by atoms with Crippen LogP contribution in [-0.2, 0) is 15.0 Å². The van der Waals surface area contributed by atoms with E-state index in [9.17, 15) is 21.9 Å². The van der Waals surface area contributed by atoms with Crippen molar-refractivity contribution in [2.45, 2.75) is 6.42 Å². The summed E-state index contributed by atoms with van der Waals surface area (Å²) in [5.41, 5.74) is 0.129. The molecule has 0 radical (unpaired) electrons. The van der Waals surface area contributed by atoms with Gasteiger partial charge in [0.05, 0.1) is 16.3 Å². The molecule has 0 saturated carbocycles. The largest absolute Gasteiger partial charge is 0.478 e. The zero-order valence-electron chi connectivity index (χ0n) is 10.6. The Morgan fingerprint density at radius 3 is 2.71 bits per heavy atom. The van der Waals surface area contributed by atoms with Gasteiger partial charge < -0.3 is 10.0 Å². The van der Waals surface area contributed by atoms with Crippen molar-refractivity contribution in [3.8, 4) is 0 Å². The second kappa shape index (κ2) is 5.61. The molecule has 0 spiro atoms. The summed E-state index contributed by atoms with van der Waals surface area (Å²) in [6, 6.07) is 4.03. The summed E-state index contributed by atoms with van der Waals surface area (Å²) in [7, 11) is -4.66. The van der Waals surface area contributed by atoms with E-state index in [1.807, 2.05) is 0 Å².